The zero-order valence-corrected chi connectivity index (χ0v) is 12.1. The van der Waals surface area contributed by atoms with E-state index < -0.39 is 0 Å². The molecule has 0 aliphatic carbocycles. The molecule has 0 amide bonds. The number of hydrogen-bond donors (Lipinski definition) is 0. The topological polar surface area (TPSA) is 35.6 Å². The second kappa shape index (κ2) is 5.48. The van der Waals surface area contributed by atoms with E-state index in [0.29, 0.717) is 0 Å². The van der Waals surface area contributed by atoms with Gasteiger partial charge in [0.15, 0.2) is 0 Å². The highest BCUT2D eigenvalue weighted by Gasteiger charge is 2.09. The van der Waals surface area contributed by atoms with Gasteiger partial charge in [-0.1, -0.05) is 53.7 Å². The monoisotopic (exact) mass is 288 g/mol. The fourth-order valence-electron chi connectivity index (χ4n) is 2.85. The second-order valence-corrected chi connectivity index (χ2v) is 5.39. The molecular weight excluding hydrogens is 272 g/mol. The van der Waals surface area contributed by atoms with Gasteiger partial charge in [0.05, 0.1) is 12.7 Å². The third-order valence-electron chi connectivity index (χ3n) is 3.87. The molecule has 108 valence electrons. The number of para-hydroxylation sites is 1. The highest BCUT2D eigenvalue weighted by atomic mass is 15.4. The first kappa shape index (κ1) is 12.8. The van der Waals surface area contributed by atoms with E-state index in [2.05, 4.69) is 69.6 Å². The molecular formula is C18H16N4. The quantitative estimate of drug-likeness (QED) is 0.577. The summed E-state index contributed by atoms with van der Waals surface area (Å²) in [5, 5.41) is 9.22. The molecule has 4 heteroatoms. The third-order valence-corrected chi connectivity index (χ3v) is 3.87. The molecule has 0 fully saturated rings. The lowest BCUT2D eigenvalue weighted by molar-refractivity contribution is 0.650. The number of hydrogen-bond acceptors (Lipinski definition) is 2. The summed E-state index contributed by atoms with van der Waals surface area (Å²) in [6, 6.07) is 19.0. The van der Waals surface area contributed by atoms with E-state index in [-0.39, 0.29) is 0 Å². The predicted octanol–water partition coefficient (Wildman–Crippen LogP) is 3.33. The van der Waals surface area contributed by atoms with Gasteiger partial charge in [0.1, 0.15) is 0 Å². The minimum absolute atomic E-state index is 0.738. The van der Waals surface area contributed by atoms with Gasteiger partial charge in [-0.25, -0.2) is 4.68 Å². The highest BCUT2D eigenvalue weighted by Crippen LogP contribution is 2.23. The number of rotatable bonds is 4. The van der Waals surface area contributed by atoms with E-state index in [1.54, 1.807) is 6.20 Å². The van der Waals surface area contributed by atoms with Crippen LogP contribution in [-0.4, -0.2) is 19.6 Å². The summed E-state index contributed by atoms with van der Waals surface area (Å²) in [5.74, 6) is 0. The number of aromatic nitrogens is 4. The Morgan fingerprint density at radius 3 is 2.50 bits per heavy atom. The molecule has 0 aliphatic heterocycles. The molecule has 4 aromatic rings. The number of benzene rings is 2. The predicted molar refractivity (Wildman–Crippen MR) is 86.6 cm³/mol. The Bertz CT molecular complexity index is 876. The first-order valence-electron chi connectivity index (χ1n) is 7.35. The molecule has 22 heavy (non-hydrogen) atoms. The fraction of sp³-hybridized carbons (Fsp3) is 0.111. The van der Waals surface area contributed by atoms with Crippen LogP contribution in [0.25, 0.3) is 10.9 Å². The van der Waals surface area contributed by atoms with Gasteiger partial charge >= 0.3 is 0 Å². The molecule has 0 bridgehead atoms. The van der Waals surface area contributed by atoms with Crippen molar-refractivity contribution in [2.75, 3.05) is 0 Å². The van der Waals surface area contributed by atoms with Crippen molar-refractivity contribution in [3.8, 4) is 0 Å². The minimum Gasteiger partial charge on any atom is -0.343 e. The normalized spacial score (nSPS) is 11.1. The average molecular weight is 288 g/mol. The Labute approximate surface area is 128 Å². The molecule has 4 rings (SSSR count). The SMILES string of the molecule is c1ccc(Cn2cc(Cn3ccnn3)c3ccccc32)cc1. The van der Waals surface area contributed by atoms with Gasteiger partial charge in [-0.05, 0) is 17.2 Å². The molecule has 0 aliphatic rings. The molecule has 0 saturated carbocycles. The standard InChI is InChI=1S/C18H16N4/c1-2-6-15(7-3-1)12-21-13-16(14-22-11-10-19-20-22)17-8-4-5-9-18(17)21/h1-11,13H,12,14H2. The first-order valence-corrected chi connectivity index (χ1v) is 7.35. The van der Waals surface area contributed by atoms with E-state index in [9.17, 15) is 0 Å². The van der Waals surface area contributed by atoms with E-state index in [1.807, 2.05) is 16.9 Å². The van der Waals surface area contributed by atoms with Crippen LogP contribution in [0.5, 0.6) is 0 Å². The summed E-state index contributed by atoms with van der Waals surface area (Å²) in [7, 11) is 0. The van der Waals surface area contributed by atoms with Crippen LogP contribution in [0.15, 0.2) is 73.2 Å². The van der Waals surface area contributed by atoms with Gasteiger partial charge in [0.25, 0.3) is 0 Å². The maximum Gasteiger partial charge on any atom is 0.0698 e. The van der Waals surface area contributed by atoms with Crippen molar-refractivity contribution >= 4 is 10.9 Å². The average Bonchev–Trinajstić information content (AvgIpc) is 3.18. The van der Waals surface area contributed by atoms with Crippen LogP contribution < -0.4 is 0 Å². The van der Waals surface area contributed by atoms with Crippen LogP contribution in [0.4, 0.5) is 0 Å². The Balaban J connectivity index is 1.75. The van der Waals surface area contributed by atoms with Gasteiger partial charge in [-0.2, -0.15) is 0 Å². The summed E-state index contributed by atoms with van der Waals surface area (Å²) in [5.41, 5.74) is 3.81. The highest BCUT2D eigenvalue weighted by molar-refractivity contribution is 5.84. The molecule has 0 saturated heterocycles. The third kappa shape index (κ3) is 2.39. The van der Waals surface area contributed by atoms with Crippen LogP contribution in [0.3, 0.4) is 0 Å². The molecule has 2 heterocycles. The van der Waals surface area contributed by atoms with Gasteiger partial charge < -0.3 is 4.57 Å². The number of fused-ring (bicyclic) bond motifs is 1. The Hall–Kier alpha value is -2.88. The summed E-state index contributed by atoms with van der Waals surface area (Å²) in [6.45, 7) is 1.61. The molecule has 0 unspecified atom stereocenters. The van der Waals surface area contributed by atoms with E-state index in [1.165, 1.54) is 22.0 Å². The van der Waals surface area contributed by atoms with Gasteiger partial charge in [-0.15, -0.1) is 5.10 Å². The number of nitrogens with zero attached hydrogens (tertiary/aromatic N) is 4. The van der Waals surface area contributed by atoms with Crippen molar-refractivity contribution in [2.24, 2.45) is 0 Å². The largest absolute Gasteiger partial charge is 0.343 e. The van der Waals surface area contributed by atoms with Crippen molar-refractivity contribution in [3.05, 3.63) is 84.3 Å². The Kier molecular flexibility index (Phi) is 3.20. The smallest absolute Gasteiger partial charge is 0.0698 e. The second-order valence-electron chi connectivity index (χ2n) is 5.39. The van der Waals surface area contributed by atoms with Crippen LogP contribution in [0.1, 0.15) is 11.1 Å². The molecule has 0 N–H and O–H groups in total. The maximum absolute atomic E-state index is 4.07. The lowest BCUT2D eigenvalue weighted by atomic mass is 10.2. The van der Waals surface area contributed by atoms with Gasteiger partial charge in [-0.3, -0.25) is 0 Å². The lowest BCUT2D eigenvalue weighted by Crippen LogP contribution is -2.00. The van der Waals surface area contributed by atoms with Crippen LogP contribution in [0, 0.1) is 0 Å². The van der Waals surface area contributed by atoms with Gasteiger partial charge in [0.2, 0.25) is 0 Å². The molecule has 0 spiro atoms. The molecule has 2 aromatic heterocycles. The Morgan fingerprint density at radius 2 is 1.68 bits per heavy atom. The zero-order chi connectivity index (χ0) is 14.8. The molecule has 4 nitrogen and oxygen atoms in total. The summed E-state index contributed by atoms with van der Waals surface area (Å²) < 4.78 is 4.16. The lowest BCUT2D eigenvalue weighted by Gasteiger charge is -2.05. The molecule has 0 radical (unpaired) electrons. The summed E-state index contributed by atoms with van der Waals surface area (Å²) in [6.07, 6.45) is 5.83. The first-order chi connectivity index (χ1) is 10.9. The van der Waals surface area contributed by atoms with Crippen LogP contribution in [-0.2, 0) is 13.1 Å². The maximum atomic E-state index is 4.07. The molecule has 0 atom stereocenters. The zero-order valence-electron chi connectivity index (χ0n) is 12.1. The summed E-state index contributed by atoms with van der Waals surface area (Å²) in [4.78, 5) is 0. The van der Waals surface area contributed by atoms with Crippen molar-refractivity contribution in [1.29, 1.82) is 0 Å². The van der Waals surface area contributed by atoms with Crippen molar-refractivity contribution in [1.82, 2.24) is 19.6 Å². The van der Waals surface area contributed by atoms with E-state index >= 15 is 0 Å². The van der Waals surface area contributed by atoms with E-state index in [0.717, 1.165) is 13.1 Å². The van der Waals surface area contributed by atoms with Crippen molar-refractivity contribution in [3.63, 3.8) is 0 Å². The molecule has 2 aromatic carbocycles. The van der Waals surface area contributed by atoms with Crippen LogP contribution >= 0.6 is 0 Å². The minimum atomic E-state index is 0.738. The van der Waals surface area contributed by atoms with Crippen molar-refractivity contribution < 1.29 is 0 Å². The van der Waals surface area contributed by atoms with Gasteiger partial charge in [0, 0.05) is 29.8 Å². The van der Waals surface area contributed by atoms with Crippen molar-refractivity contribution in [2.45, 2.75) is 13.1 Å². The fourth-order valence-corrected chi connectivity index (χ4v) is 2.85. The summed E-state index contributed by atoms with van der Waals surface area (Å²) >= 11 is 0. The van der Waals surface area contributed by atoms with E-state index in [4.69, 9.17) is 0 Å². The van der Waals surface area contributed by atoms with Crippen LogP contribution in [0.2, 0.25) is 0 Å². The Morgan fingerprint density at radius 1 is 0.864 bits per heavy atom.